The van der Waals surface area contributed by atoms with Gasteiger partial charge in [0.1, 0.15) is 4.90 Å². The summed E-state index contributed by atoms with van der Waals surface area (Å²) in [6.45, 7) is 3.12. The summed E-state index contributed by atoms with van der Waals surface area (Å²) in [4.78, 5) is 10.7. The van der Waals surface area contributed by atoms with Gasteiger partial charge in [0.05, 0.1) is 11.4 Å². The molecule has 0 saturated heterocycles. The molecule has 2 aromatic rings. The minimum absolute atomic E-state index is 0.145. The van der Waals surface area contributed by atoms with Crippen molar-refractivity contribution in [3.63, 3.8) is 0 Å². The Kier molecular flexibility index (Phi) is 3.93. The van der Waals surface area contributed by atoms with Crippen molar-refractivity contribution in [2.45, 2.75) is 18.7 Å². The van der Waals surface area contributed by atoms with Crippen molar-refractivity contribution in [1.82, 2.24) is 10.2 Å². The topological polar surface area (TPSA) is 112 Å². The van der Waals surface area contributed by atoms with E-state index < -0.39 is 21.7 Å². The predicted molar refractivity (Wildman–Crippen MR) is 77.3 cm³/mol. The van der Waals surface area contributed by atoms with Crippen LogP contribution in [0.2, 0.25) is 5.02 Å². The number of carboxylic acid groups (broad SMARTS) is 1. The lowest BCUT2D eigenvalue weighted by molar-refractivity contribution is 0.0686. The van der Waals surface area contributed by atoms with Crippen molar-refractivity contribution in [2.75, 3.05) is 4.72 Å². The van der Waals surface area contributed by atoms with Crippen LogP contribution < -0.4 is 4.72 Å². The molecule has 9 heteroatoms. The maximum atomic E-state index is 12.4. The fraction of sp³-hybridized carbons (Fsp3) is 0.167. The van der Waals surface area contributed by atoms with Crippen molar-refractivity contribution in [1.29, 1.82) is 0 Å². The molecule has 0 aliphatic rings. The maximum Gasteiger partial charge on any atom is 0.357 e. The van der Waals surface area contributed by atoms with Gasteiger partial charge in [-0.2, -0.15) is 5.10 Å². The molecule has 0 fully saturated rings. The second-order valence-corrected chi connectivity index (χ2v) is 6.45. The second kappa shape index (κ2) is 5.38. The number of benzene rings is 1. The zero-order valence-electron chi connectivity index (χ0n) is 11.1. The van der Waals surface area contributed by atoms with Crippen LogP contribution in [0.4, 0.5) is 5.69 Å². The van der Waals surface area contributed by atoms with Crippen molar-refractivity contribution >= 4 is 33.3 Å². The molecule has 1 aromatic carbocycles. The van der Waals surface area contributed by atoms with Crippen molar-refractivity contribution < 1.29 is 18.3 Å². The number of hydrogen-bond acceptors (Lipinski definition) is 4. The molecule has 1 heterocycles. The molecule has 21 heavy (non-hydrogen) atoms. The van der Waals surface area contributed by atoms with Gasteiger partial charge in [0.25, 0.3) is 10.0 Å². The molecule has 7 nitrogen and oxygen atoms in total. The Labute approximate surface area is 126 Å². The summed E-state index contributed by atoms with van der Waals surface area (Å²) in [5, 5.41) is 15.3. The third-order valence-corrected chi connectivity index (χ3v) is 4.56. The number of sulfonamides is 1. The van der Waals surface area contributed by atoms with E-state index in [9.17, 15) is 13.2 Å². The molecule has 0 spiro atoms. The minimum Gasteiger partial charge on any atom is -0.476 e. The van der Waals surface area contributed by atoms with Gasteiger partial charge in [-0.05, 0) is 37.6 Å². The number of anilines is 1. The highest BCUT2D eigenvalue weighted by Gasteiger charge is 2.28. The summed E-state index contributed by atoms with van der Waals surface area (Å²) >= 11 is 5.81. The van der Waals surface area contributed by atoms with E-state index in [0.717, 1.165) is 0 Å². The summed E-state index contributed by atoms with van der Waals surface area (Å²) in [6.07, 6.45) is 0. The van der Waals surface area contributed by atoms with E-state index in [0.29, 0.717) is 16.3 Å². The van der Waals surface area contributed by atoms with Crippen LogP contribution in [-0.2, 0) is 10.0 Å². The van der Waals surface area contributed by atoms with Crippen molar-refractivity contribution in [2.24, 2.45) is 0 Å². The number of rotatable bonds is 4. The number of nitrogens with zero attached hydrogens (tertiary/aromatic N) is 1. The first kappa shape index (κ1) is 15.3. The lowest BCUT2D eigenvalue weighted by Crippen LogP contribution is -2.17. The Hall–Kier alpha value is -2.06. The van der Waals surface area contributed by atoms with Crippen LogP contribution in [0.3, 0.4) is 0 Å². The largest absolute Gasteiger partial charge is 0.476 e. The standard InChI is InChI=1S/C12H12ClN3O4S/c1-6-5-8(13)3-4-9(6)16-21(19,20)11-7(2)14-15-10(11)12(17)18/h3-5,16H,1-2H3,(H,14,15)(H,17,18). The fourth-order valence-electron chi connectivity index (χ4n) is 1.83. The van der Waals surface area contributed by atoms with E-state index in [4.69, 9.17) is 16.7 Å². The number of halogens is 1. The van der Waals surface area contributed by atoms with Gasteiger partial charge in [-0.1, -0.05) is 11.6 Å². The molecule has 0 aliphatic carbocycles. The SMILES string of the molecule is Cc1cc(Cl)ccc1NS(=O)(=O)c1c(C(=O)O)n[nH]c1C. The normalized spacial score (nSPS) is 11.4. The lowest BCUT2D eigenvalue weighted by atomic mass is 10.2. The number of aromatic nitrogens is 2. The lowest BCUT2D eigenvalue weighted by Gasteiger charge is -2.10. The Bertz CT molecular complexity index is 814. The summed E-state index contributed by atoms with van der Waals surface area (Å²) in [5.74, 6) is -1.42. The first-order chi connectivity index (χ1) is 9.72. The molecule has 0 unspecified atom stereocenters. The Morgan fingerprint density at radius 1 is 1.38 bits per heavy atom. The van der Waals surface area contributed by atoms with Crippen LogP contribution in [0, 0.1) is 13.8 Å². The smallest absolute Gasteiger partial charge is 0.357 e. The third kappa shape index (κ3) is 3.01. The second-order valence-electron chi connectivity index (χ2n) is 4.40. The van der Waals surface area contributed by atoms with E-state index in [2.05, 4.69) is 14.9 Å². The number of carbonyl (C=O) groups is 1. The Morgan fingerprint density at radius 3 is 2.62 bits per heavy atom. The Balaban J connectivity index is 2.48. The number of aromatic amines is 1. The van der Waals surface area contributed by atoms with Gasteiger partial charge in [0.15, 0.2) is 5.69 Å². The van der Waals surface area contributed by atoms with Gasteiger partial charge in [-0.15, -0.1) is 0 Å². The molecule has 2 rings (SSSR count). The predicted octanol–water partition coefficient (Wildman–Crippen LogP) is 2.18. The van der Waals surface area contributed by atoms with Crippen LogP contribution in [0.15, 0.2) is 23.1 Å². The molecule has 0 bridgehead atoms. The van der Waals surface area contributed by atoms with Gasteiger partial charge >= 0.3 is 5.97 Å². The van der Waals surface area contributed by atoms with Gasteiger partial charge < -0.3 is 5.11 Å². The molecule has 0 aliphatic heterocycles. The van der Waals surface area contributed by atoms with Gasteiger partial charge in [-0.25, -0.2) is 13.2 Å². The summed E-state index contributed by atoms with van der Waals surface area (Å²) in [6, 6.07) is 4.64. The van der Waals surface area contributed by atoms with Crippen LogP contribution in [-0.4, -0.2) is 29.7 Å². The van der Waals surface area contributed by atoms with Crippen LogP contribution in [0.5, 0.6) is 0 Å². The zero-order valence-corrected chi connectivity index (χ0v) is 12.7. The molecule has 1 aromatic heterocycles. The number of H-pyrrole nitrogens is 1. The third-order valence-electron chi connectivity index (χ3n) is 2.80. The van der Waals surface area contributed by atoms with Gasteiger partial charge in [0.2, 0.25) is 0 Å². The van der Waals surface area contributed by atoms with E-state index in [1.165, 1.54) is 19.1 Å². The number of nitrogens with one attached hydrogen (secondary N) is 2. The van der Waals surface area contributed by atoms with Crippen LogP contribution in [0.25, 0.3) is 0 Å². The maximum absolute atomic E-state index is 12.4. The summed E-state index contributed by atoms with van der Waals surface area (Å²) in [5.41, 5.74) is 0.526. The fourth-order valence-corrected chi connectivity index (χ4v) is 3.51. The molecule has 0 radical (unpaired) electrons. The van der Waals surface area contributed by atoms with E-state index >= 15 is 0 Å². The molecular formula is C12H12ClN3O4S. The summed E-state index contributed by atoms with van der Waals surface area (Å²) < 4.78 is 27.1. The first-order valence-corrected chi connectivity index (χ1v) is 7.65. The zero-order chi connectivity index (χ0) is 15.8. The van der Waals surface area contributed by atoms with Gasteiger partial charge in [-0.3, -0.25) is 9.82 Å². The first-order valence-electron chi connectivity index (χ1n) is 5.79. The molecular weight excluding hydrogens is 318 g/mol. The highest BCUT2D eigenvalue weighted by molar-refractivity contribution is 7.92. The number of aromatic carboxylic acids is 1. The van der Waals surface area contributed by atoms with E-state index in [-0.39, 0.29) is 10.6 Å². The van der Waals surface area contributed by atoms with Crippen LogP contribution >= 0.6 is 11.6 Å². The number of carboxylic acids is 1. The number of hydrogen-bond donors (Lipinski definition) is 3. The highest BCUT2D eigenvalue weighted by atomic mass is 35.5. The molecule has 112 valence electrons. The quantitative estimate of drug-likeness (QED) is 0.795. The average molecular weight is 330 g/mol. The minimum atomic E-state index is -4.08. The van der Waals surface area contributed by atoms with Crippen LogP contribution in [0.1, 0.15) is 21.7 Å². The summed E-state index contributed by atoms with van der Waals surface area (Å²) in [7, 11) is -4.08. The van der Waals surface area contributed by atoms with Gasteiger partial charge in [0, 0.05) is 5.02 Å². The number of aryl methyl sites for hydroxylation is 2. The average Bonchev–Trinajstić information content (AvgIpc) is 2.76. The van der Waals surface area contributed by atoms with Crippen molar-refractivity contribution in [3.8, 4) is 0 Å². The van der Waals surface area contributed by atoms with E-state index in [1.54, 1.807) is 13.0 Å². The highest BCUT2D eigenvalue weighted by Crippen LogP contribution is 2.25. The molecule has 0 amide bonds. The molecule has 0 atom stereocenters. The molecule has 0 saturated carbocycles. The molecule has 3 N–H and O–H groups in total. The Morgan fingerprint density at radius 2 is 2.05 bits per heavy atom. The van der Waals surface area contributed by atoms with E-state index in [1.807, 2.05) is 0 Å². The van der Waals surface area contributed by atoms with Crippen molar-refractivity contribution in [3.05, 3.63) is 40.2 Å². The monoisotopic (exact) mass is 329 g/mol.